The lowest BCUT2D eigenvalue weighted by Crippen LogP contribution is -1.89. The highest BCUT2D eigenvalue weighted by Gasteiger charge is 2.26. The number of hydrogen-bond donors (Lipinski definition) is 0. The third-order valence-corrected chi connectivity index (χ3v) is 15.0. The zero-order valence-electron chi connectivity index (χ0n) is 35.7. The van der Waals surface area contributed by atoms with Crippen molar-refractivity contribution >= 4 is 119 Å². The van der Waals surface area contributed by atoms with Gasteiger partial charge < -0.3 is 8.80 Å². The van der Waals surface area contributed by atoms with Gasteiger partial charge in [0.2, 0.25) is 0 Å². The van der Waals surface area contributed by atoms with Gasteiger partial charge in [-0.25, -0.2) is 0 Å². The highest BCUT2D eigenvalue weighted by atomic mass is 14.9. The number of hydrogen-bond acceptors (Lipinski definition) is 0. The summed E-state index contributed by atoms with van der Waals surface area (Å²) < 4.78 is 5.11. The lowest BCUT2D eigenvalue weighted by atomic mass is 9.90. The normalized spacial score (nSPS) is 12.5. The van der Waals surface area contributed by atoms with Crippen molar-refractivity contribution in [3.05, 3.63) is 218 Å². The Morgan fingerprint density at radius 1 is 0.212 bits per heavy atom. The Hall–Kier alpha value is -8.72. The topological polar surface area (TPSA) is 8.82 Å². The molecular weight excluding hydrogens is 797 g/mol. The summed E-state index contributed by atoms with van der Waals surface area (Å²) in [5, 5.41) is 20.5. The molecule has 16 aromatic rings. The molecule has 0 fully saturated rings. The van der Waals surface area contributed by atoms with Gasteiger partial charge in [-0.3, -0.25) is 0 Å². The second-order valence-corrected chi connectivity index (χ2v) is 18.4. The SMILES string of the molecule is c1ccc(-c2c3ccccc3cc3c2c2cccc4c5c(-c6ccccc6)c6ccc(-c7cc8c9cc%10ccccc%10cc9n9c%10ccc%11ccccc%11c%10c(c7)c89)cc6cc5n3c24)cc1. The van der Waals surface area contributed by atoms with E-state index in [1.54, 1.807) is 0 Å². The molecule has 0 amide bonds. The van der Waals surface area contributed by atoms with Crippen LogP contribution in [0.3, 0.4) is 0 Å². The van der Waals surface area contributed by atoms with Crippen molar-refractivity contribution < 1.29 is 0 Å². The van der Waals surface area contributed by atoms with Gasteiger partial charge in [0.05, 0.1) is 33.1 Å². The highest BCUT2D eigenvalue weighted by Crippen LogP contribution is 2.50. The quantitative estimate of drug-likeness (QED) is 0.168. The van der Waals surface area contributed by atoms with E-state index in [9.17, 15) is 0 Å². The molecule has 0 radical (unpaired) electrons. The molecule has 0 atom stereocenters. The molecule has 0 saturated heterocycles. The maximum atomic E-state index is 2.58. The zero-order chi connectivity index (χ0) is 42.8. The van der Waals surface area contributed by atoms with Crippen LogP contribution in [0.5, 0.6) is 0 Å². The lowest BCUT2D eigenvalue weighted by molar-refractivity contribution is 1.38. The van der Waals surface area contributed by atoms with Crippen molar-refractivity contribution in [1.29, 1.82) is 0 Å². The molecule has 2 heteroatoms. The Kier molecular flexibility index (Phi) is 6.58. The van der Waals surface area contributed by atoms with E-state index in [4.69, 9.17) is 0 Å². The largest absolute Gasteiger partial charge is 0.308 e. The molecule has 0 spiro atoms. The zero-order valence-corrected chi connectivity index (χ0v) is 35.7. The predicted octanol–water partition coefficient (Wildman–Crippen LogP) is 17.6. The number of fused-ring (bicyclic) bond motifs is 17. The Morgan fingerprint density at radius 3 is 1.47 bits per heavy atom. The second kappa shape index (κ2) is 12.5. The smallest absolute Gasteiger partial charge is 0.0621 e. The van der Waals surface area contributed by atoms with Crippen LogP contribution in [0.1, 0.15) is 0 Å². The Morgan fingerprint density at radius 2 is 0.742 bits per heavy atom. The monoisotopic (exact) mass is 832 g/mol. The van der Waals surface area contributed by atoms with Crippen LogP contribution in [0.15, 0.2) is 218 Å². The standard InChI is InChI=1S/C64H36N2/c1-3-15-38(16-4-1)58-47-23-12-10-21-43(47)35-56-61(58)49-24-13-25-50-62-57(66(56)63(49)50)36-45-30-42(26-28-48(45)59(62)39-17-5-2-6-18-39)44-32-52-51-31-40-19-7-8-20-41(40)34-55(51)65-54-29-27-37-14-9-11-22-46(37)60(54)53(33-44)64(52)65/h1-36H. The van der Waals surface area contributed by atoms with Gasteiger partial charge >= 0.3 is 0 Å². The maximum Gasteiger partial charge on any atom is 0.0621 e. The first-order valence-corrected chi connectivity index (χ1v) is 23.0. The van der Waals surface area contributed by atoms with Gasteiger partial charge in [-0.15, -0.1) is 0 Å². The molecule has 66 heavy (non-hydrogen) atoms. The summed E-state index contributed by atoms with van der Waals surface area (Å²) in [6.07, 6.45) is 0. The van der Waals surface area contributed by atoms with E-state index in [2.05, 4.69) is 227 Å². The molecule has 0 aliphatic heterocycles. The summed E-state index contributed by atoms with van der Waals surface area (Å²) in [7, 11) is 0. The molecule has 0 aliphatic carbocycles. The third kappa shape index (κ3) is 4.41. The fraction of sp³-hybridized carbons (Fsp3) is 0. The fourth-order valence-corrected chi connectivity index (χ4v) is 12.3. The fourth-order valence-electron chi connectivity index (χ4n) is 12.3. The minimum absolute atomic E-state index is 1.21. The van der Waals surface area contributed by atoms with Crippen molar-refractivity contribution in [3.63, 3.8) is 0 Å². The van der Waals surface area contributed by atoms with Gasteiger partial charge in [0, 0.05) is 43.1 Å². The van der Waals surface area contributed by atoms with E-state index in [0.717, 1.165) is 0 Å². The first-order chi connectivity index (χ1) is 32.7. The first-order valence-electron chi connectivity index (χ1n) is 23.0. The number of benzene rings is 12. The summed E-state index contributed by atoms with van der Waals surface area (Å²) in [6, 6.07) is 82.0. The molecule has 4 aromatic heterocycles. The van der Waals surface area contributed by atoms with Crippen LogP contribution in [0.2, 0.25) is 0 Å². The Balaban J connectivity index is 1.04. The van der Waals surface area contributed by atoms with Gasteiger partial charge in [-0.2, -0.15) is 0 Å². The number of para-hydroxylation sites is 1. The van der Waals surface area contributed by atoms with Gasteiger partial charge in [0.25, 0.3) is 0 Å². The molecule has 0 saturated carbocycles. The van der Waals surface area contributed by atoms with Gasteiger partial charge in [0.15, 0.2) is 0 Å². The van der Waals surface area contributed by atoms with Gasteiger partial charge in [-0.05, 0) is 125 Å². The number of nitrogens with zero attached hydrogens (tertiary/aromatic N) is 2. The van der Waals surface area contributed by atoms with Crippen molar-refractivity contribution in [2.45, 2.75) is 0 Å². The lowest BCUT2D eigenvalue weighted by Gasteiger charge is -2.14. The summed E-state index contributed by atoms with van der Waals surface area (Å²) in [6.45, 7) is 0. The third-order valence-electron chi connectivity index (χ3n) is 15.0. The van der Waals surface area contributed by atoms with E-state index in [1.165, 1.54) is 153 Å². The van der Waals surface area contributed by atoms with E-state index < -0.39 is 0 Å². The van der Waals surface area contributed by atoms with Crippen molar-refractivity contribution in [3.8, 4) is 33.4 Å². The average molecular weight is 833 g/mol. The van der Waals surface area contributed by atoms with Crippen LogP contribution in [-0.2, 0) is 0 Å². The van der Waals surface area contributed by atoms with Crippen LogP contribution in [0, 0.1) is 0 Å². The summed E-state index contributed by atoms with van der Waals surface area (Å²) in [4.78, 5) is 0. The predicted molar refractivity (Wildman–Crippen MR) is 282 cm³/mol. The molecule has 4 heterocycles. The molecule has 2 nitrogen and oxygen atoms in total. The second-order valence-electron chi connectivity index (χ2n) is 18.4. The maximum absolute atomic E-state index is 2.58. The summed E-state index contributed by atoms with van der Waals surface area (Å²) in [5.41, 5.74) is 15.1. The van der Waals surface area contributed by atoms with Crippen LogP contribution in [0.25, 0.3) is 153 Å². The van der Waals surface area contributed by atoms with Gasteiger partial charge in [-0.1, -0.05) is 170 Å². The first kappa shape index (κ1) is 34.7. The number of aromatic nitrogens is 2. The highest BCUT2D eigenvalue weighted by molar-refractivity contribution is 6.34. The molecule has 0 aliphatic rings. The Bertz CT molecular complexity index is 4710. The van der Waals surface area contributed by atoms with E-state index in [-0.39, 0.29) is 0 Å². The minimum atomic E-state index is 1.21. The molecule has 12 aromatic carbocycles. The van der Waals surface area contributed by atoms with E-state index in [0.29, 0.717) is 0 Å². The van der Waals surface area contributed by atoms with E-state index >= 15 is 0 Å². The Labute approximate surface area is 378 Å². The number of rotatable bonds is 3. The van der Waals surface area contributed by atoms with Gasteiger partial charge in [0.1, 0.15) is 0 Å². The molecule has 302 valence electrons. The van der Waals surface area contributed by atoms with Crippen molar-refractivity contribution in [2.24, 2.45) is 0 Å². The molecule has 0 unspecified atom stereocenters. The van der Waals surface area contributed by atoms with Crippen LogP contribution >= 0.6 is 0 Å². The van der Waals surface area contributed by atoms with Crippen molar-refractivity contribution in [2.75, 3.05) is 0 Å². The van der Waals surface area contributed by atoms with Crippen molar-refractivity contribution in [1.82, 2.24) is 8.80 Å². The van der Waals surface area contributed by atoms with E-state index in [1.807, 2.05) is 0 Å². The molecule has 0 bridgehead atoms. The molecule has 0 N–H and O–H groups in total. The summed E-state index contributed by atoms with van der Waals surface area (Å²) >= 11 is 0. The molecular formula is C64H36N2. The molecule has 16 rings (SSSR count). The summed E-state index contributed by atoms with van der Waals surface area (Å²) in [5.74, 6) is 0. The van der Waals surface area contributed by atoms with Crippen LogP contribution < -0.4 is 0 Å². The van der Waals surface area contributed by atoms with Crippen LogP contribution in [0.4, 0.5) is 0 Å². The van der Waals surface area contributed by atoms with Crippen LogP contribution in [-0.4, -0.2) is 8.80 Å². The average Bonchev–Trinajstić information content (AvgIpc) is 4.10. The minimum Gasteiger partial charge on any atom is -0.308 e.